The van der Waals surface area contributed by atoms with Crippen molar-refractivity contribution >= 4 is 15.4 Å². The molecule has 0 aromatic carbocycles. The minimum atomic E-state index is -2.62. The van der Waals surface area contributed by atoms with Gasteiger partial charge in [-0.1, -0.05) is 0 Å². The molecule has 3 N–H and O–H groups in total. The lowest BCUT2D eigenvalue weighted by atomic mass is 11.9. The summed E-state index contributed by atoms with van der Waals surface area (Å²) in [6.07, 6.45) is 0. The second kappa shape index (κ2) is 8.88. The van der Waals surface area contributed by atoms with Crippen molar-refractivity contribution < 1.29 is 19.5 Å². The Bertz CT molecular complexity index is 18.8. The third-order valence-corrected chi connectivity index (χ3v) is 0. The highest BCUT2D eigenvalue weighted by Gasteiger charge is 1.76. The van der Waals surface area contributed by atoms with Gasteiger partial charge in [0.1, 0.15) is 6.79 Å². The van der Waals surface area contributed by atoms with E-state index in [4.69, 9.17) is 19.5 Å². The monoisotopic (exact) mass is 112 g/mol. The molecule has 6 heavy (non-hydrogen) atoms. The second-order valence-corrected chi connectivity index (χ2v) is 0.805. The first-order valence-electron chi connectivity index (χ1n) is 0.889. The molecular weight excluding hydrogens is 107 g/mol. The van der Waals surface area contributed by atoms with E-state index in [2.05, 4.69) is 0 Å². The van der Waals surface area contributed by atoms with E-state index in [-0.39, 0.29) is 0 Å². The first-order chi connectivity index (χ1) is 2.73. The molecule has 0 atom stereocenters. The Morgan fingerprint density at radius 3 is 1.17 bits per heavy atom. The van der Waals surface area contributed by atoms with Gasteiger partial charge in [-0.3, -0.25) is 0 Å². The van der Waals surface area contributed by atoms with Crippen LogP contribution in [0.25, 0.3) is 0 Å². The molecule has 0 spiro atoms. The Morgan fingerprint density at radius 1 is 1.17 bits per heavy atom. The third kappa shape index (κ3) is 88400. The van der Waals surface area contributed by atoms with Gasteiger partial charge in [0.05, 0.1) is 0 Å². The number of carbonyl (C=O) groups excluding carboxylic acids is 1. The highest BCUT2D eigenvalue weighted by molar-refractivity contribution is 7.38. The maximum absolute atomic E-state index is 8.00. The zero-order valence-corrected chi connectivity index (χ0v) is 3.80. The number of hydrogen-bond donors (Lipinski definition) is 3. The van der Waals surface area contributed by atoms with E-state index in [1.807, 2.05) is 6.79 Å². The molecule has 38 valence electrons. The Hall–Kier alpha value is -0.0200. The molecule has 5 heteroatoms. The Labute approximate surface area is 36.0 Å². The zero-order chi connectivity index (χ0) is 5.58. The van der Waals surface area contributed by atoms with Crippen molar-refractivity contribution in [2.24, 2.45) is 0 Å². The molecule has 0 aromatic rings. The van der Waals surface area contributed by atoms with E-state index in [9.17, 15) is 0 Å². The minimum Gasteiger partial charge on any atom is -0.328 e. The van der Waals surface area contributed by atoms with Crippen LogP contribution in [-0.2, 0) is 4.79 Å². The van der Waals surface area contributed by atoms with Crippen LogP contribution in [-0.4, -0.2) is 21.5 Å². The van der Waals surface area contributed by atoms with E-state index in [1.165, 1.54) is 0 Å². The van der Waals surface area contributed by atoms with E-state index < -0.39 is 8.60 Å². The molecular formula is CH5O4P. The summed E-state index contributed by atoms with van der Waals surface area (Å²) in [5.41, 5.74) is 0. The Balaban J connectivity index is 0. The van der Waals surface area contributed by atoms with Gasteiger partial charge >= 0.3 is 8.60 Å². The number of hydrogen-bond acceptors (Lipinski definition) is 4. The molecule has 0 rings (SSSR count). The van der Waals surface area contributed by atoms with Gasteiger partial charge in [0.15, 0.2) is 0 Å². The predicted molar refractivity (Wildman–Crippen MR) is 20.7 cm³/mol. The Morgan fingerprint density at radius 2 is 1.17 bits per heavy atom. The smallest absolute Gasteiger partial charge is 0.324 e. The molecule has 0 radical (unpaired) electrons. The van der Waals surface area contributed by atoms with Crippen LogP contribution in [0.4, 0.5) is 0 Å². The van der Waals surface area contributed by atoms with Crippen molar-refractivity contribution in [1.82, 2.24) is 0 Å². The first kappa shape index (κ1) is 9.36. The highest BCUT2D eigenvalue weighted by atomic mass is 31.2. The van der Waals surface area contributed by atoms with Crippen molar-refractivity contribution in [2.75, 3.05) is 0 Å². The maximum Gasteiger partial charge on any atom is 0.324 e. The van der Waals surface area contributed by atoms with Gasteiger partial charge in [0, 0.05) is 0 Å². The van der Waals surface area contributed by atoms with Gasteiger partial charge in [-0.05, 0) is 0 Å². The molecule has 0 aliphatic heterocycles. The fraction of sp³-hybridized carbons (Fsp3) is 0. The van der Waals surface area contributed by atoms with E-state index in [1.54, 1.807) is 0 Å². The van der Waals surface area contributed by atoms with Gasteiger partial charge in [-0.15, -0.1) is 0 Å². The first-order valence-corrected chi connectivity index (χ1v) is 2.09. The van der Waals surface area contributed by atoms with Crippen LogP contribution < -0.4 is 0 Å². The van der Waals surface area contributed by atoms with Gasteiger partial charge < -0.3 is 19.5 Å². The molecule has 0 aromatic heterocycles. The molecule has 0 amide bonds. The van der Waals surface area contributed by atoms with Crippen LogP contribution >= 0.6 is 8.60 Å². The Kier molecular flexibility index (Phi) is 13.9. The van der Waals surface area contributed by atoms with Gasteiger partial charge in [0.2, 0.25) is 0 Å². The molecule has 0 unspecified atom stereocenters. The summed E-state index contributed by atoms with van der Waals surface area (Å²) in [5.74, 6) is 0. The van der Waals surface area contributed by atoms with Crippen LogP contribution in [0.5, 0.6) is 0 Å². The molecule has 0 saturated heterocycles. The summed E-state index contributed by atoms with van der Waals surface area (Å²) in [7, 11) is -2.62. The normalized spacial score (nSPS) is 6.67. The largest absolute Gasteiger partial charge is 0.328 e. The van der Waals surface area contributed by atoms with Crippen LogP contribution in [0.3, 0.4) is 0 Å². The fourth-order valence-electron chi connectivity index (χ4n) is 0. The predicted octanol–water partition coefficient (Wildman–Crippen LogP) is -0.995. The average molecular weight is 112 g/mol. The summed E-state index contributed by atoms with van der Waals surface area (Å²) < 4.78 is 0. The lowest BCUT2D eigenvalue weighted by Crippen LogP contribution is -1.54. The SMILES string of the molecule is C=O.OP(O)O. The lowest BCUT2D eigenvalue weighted by Gasteiger charge is -1.76. The van der Waals surface area contributed by atoms with Crippen LogP contribution in [0, 0.1) is 0 Å². The quantitative estimate of drug-likeness (QED) is 0.351. The van der Waals surface area contributed by atoms with Gasteiger partial charge in [0.25, 0.3) is 0 Å². The number of carbonyl (C=O) groups is 1. The molecule has 0 aliphatic rings. The van der Waals surface area contributed by atoms with E-state index in [0.717, 1.165) is 0 Å². The van der Waals surface area contributed by atoms with Crippen LogP contribution in [0.2, 0.25) is 0 Å². The summed E-state index contributed by atoms with van der Waals surface area (Å²) in [6.45, 7) is 2.00. The minimum absolute atomic E-state index is 2.00. The van der Waals surface area contributed by atoms with Crippen molar-refractivity contribution in [3.63, 3.8) is 0 Å². The van der Waals surface area contributed by atoms with Crippen molar-refractivity contribution in [3.05, 3.63) is 0 Å². The molecule has 4 nitrogen and oxygen atoms in total. The molecule has 0 saturated carbocycles. The highest BCUT2D eigenvalue weighted by Crippen LogP contribution is 2.11. The molecule has 0 heterocycles. The van der Waals surface area contributed by atoms with Crippen molar-refractivity contribution in [1.29, 1.82) is 0 Å². The summed E-state index contributed by atoms with van der Waals surface area (Å²) in [4.78, 5) is 29.7. The average Bonchev–Trinajstić information content (AvgIpc) is 1.41. The summed E-state index contributed by atoms with van der Waals surface area (Å²) in [5, 5.41) is 0. The lowest BCUT2D eigenvalue weighted by molar-refractivity contribution is -0.0979. The summed E-state index contributed by atoms with van der Waals surface area (Å²) in [6, 6.07) is 0. The fourth-order valence-corrected chi connectivity index (χ4v) is 0. The van der Waals surface area contributed by atoms with Crippen molar-refractivity contribution in [2.45, 2.75) is 0 Å². The topological polar surface area (TPSA) is 77.8 Å². The van der Waals surface area contributed by atoms with Gasteiger partial charge in [-0.25, -0.2) is 0 Å². The van der Waals surface area contributed by atoms with Crippen LogP contribution in [0.15, 0.2) is 0 Å². The number of rotatable bonds is 0. The standard InChI is InChI=1S/CH2O.H3O3P/c1-2;1-4(2)3/h1H2;1-3H. The third-order valence-electron chi connectivity index (χ3n) is 0. The van der Waals surface area contributed by atoms with E-state index >= 15 is 0 Å². The van der Waals surface area contributed by atoms with Crippen LogP contribution in [0.1, 0.15) is 0 Å². The van der Waals surface area contributed by atoms with Gasteiger partial charge in [-0.2, -0.15) is 0 Å². The van der Waals surface area contributed by atoms with Crippen molar-refractivity contribution in [3.8, 4) is 0 Å². The summed E-state index contributed by atoms with van der Waals surface area (Å²) >= 11 is 0. The maximum atomic E-state index is 8.00. The second-order valence-electron chi connectivity index (χ2n) is 0.268. The van der Waals surface area contributed by atoms with E-state index in [0.29, 0.717) is 0 Å². The molecule has 0 aliphatic carbocycles. The molecule has 0 fully saturated rings. The molecule has 0 bridgehead atoms. The zero-order valence-electron chi connectivity index (χ0n) is 2.90.